The number of ether oxygens (including phenoxy) is 2. The molecule has 0 N–H and O–H groups in total. The van der Waals surface area contributed by atoms with E-state index in [1.165, 1.54) is 0 Å². The van der Waals surface area contributed by atoms with Crippen molar-refractivity contribution in [2.45, 2.75) is 19.3 Å². The predicted octanol–water partition coefficient (Wildman–Crippen LogP) is 4.11. The van der Waals surface area contributed by atoms with Gasteiger partial charge in [-0.1, -0.05) is 60.7 Å². The Morgan fingerprint density at radius 1 is 0.871 bits per heavy atom. The molecule has 0 radical (unpaired) electrons. The van der Waals surface area contributed by atoms with Gasteiger partial charge in [-0.05, 0) is 34.9 Å². The Morgan fingerprint density at radius 2 is 1.55 bits per heavy atom. The summed E-state index contributed by atoms with van der Waals surface area (Å²) in [4.78, 5) is 37.2. The van der Waals surface area contributed by atoms with Gasteiger partial charge in [-0.25, -0.2) is 0 Å². The molecule has 1 fully saturated rings. The minimum absolute atomic E-state index is 0.0352. The number of hydrogen-bond acceptors (Lipinski definition) is 5. The molecule has 156 valence electrons. The van der Waals surface area contributed by atoms with Gasteiger partial charge in [0.1, 0.15) is 6.42 Å². The predicted molar refractivity (Wildman–Crippen MR) is 114 cm³/mol. The molecule has 4 rings (SSSR count). The highest BCUT2D eigenvalue weighted by molar-refractivity contribution is 5.94. The molecule has 0 aromatic heterocycles. The summed E-state index contributed by atoms with van der Waals surface area (Å²) in [6.45, 7) is 0.480. The van der Waals surface area contributed by atoms with Gasteiger partial charge < -0.3 is 14.4 Å². The van der Waals surface area contributed by atoms with Crippen LogP contribution < -0.4 is 0 Å². The summed E-state index contributed by atoms with van der Waals surface area (Å²) in [6.07, 6.45) is -1.37. The second-order valence-electron chi connectivity index (χ2n) is 7.34. The first kappa shape index (κ1) is 20.3. The van der Waals surface area contributed by atoms with Crippen molar-refractivity contribution < 1.29 is 23.9 Å². The van der Waals surface area contributed by atoms with Gasteiger partial charge in [0.25, 0.3) is 12.2 Å². The third-order valence-corrected chi connectivity index (χ3v) is 5.00. The molecule has 3 aromatic carbocycles. The molecule has 1 saturated heterocycles. The van der Waals surface area contributed by atoms with Crippen molar-refractivity contribution in [1.82, 2.24) is 4.90 Å². The van der Waals surface area contributed by atoms with Gasteiger partial charge in [-0.3, -0.25) is 14.4 Å². The molecule has 0 saturated carbocycles. The molecule has 0 spiro atoms. The molecule has 0 bridgehead atoms. The van der Waals surface area contributed by atoms with E-state index < -0.39 is 18.2 Å². The van der Waals surface area contributed by atoms with Crippen LogP contribution in [0.2, 0.25) is 0 Å². The Labute approximate surface area is 180 Å². The van der Waals surface area contributed by atoms with Crippen LogP contribution in [0, 0.1) is 0 Å². The van der Waals surface area contributed by atoms with E-state index in [0.29, 0.717) is 17.7 Å². The van der Waals surface area contributed by atoms with E-state index in [9.17, 15) is 14.4 Å². The van der Waals surface area contributed by atoms with E-state index in [1.54, 1.807) is 36.2 Å². The minimum Gasteiger partial charge on any atom is -0.420 e. The van der Waals surface area contributed by atoms with Gasteiger partial charge in [0.2, 0.25) is 0 Å². The highest BCUT2D eigenvalue weighted by atomic mass is 16.7. The number of carbonyl (C=O) groups is 3. The maximum absolute atomic E-state index is 12.6. The molecule has 1 amide bonds. The van der Waals surface area contributed by atoms with Crippen molar-refractivity contribution in [1.29, 1.82) is 0 Å². The molecule has 0 unspecified atom stereocenters. The van der Waals surface area contributed by atoms with Crippen LogP contribution in [0.1, 0.15) is 34.2 Å². The molecular formula is C25H21NO5. The van der Waals surface area contributed by atoms with Gasteiger partial charge >= 0.3 is 11.9 Å². The quantitative estimate of drug-likeness (QED) is 0.463. The van der Waals surface area contributed by atoms with Gasteiger partial charge in [-0.15, -0.1) is 0 Å². The maximum Gasteiger partial charge on any atom is 0.320 e. The third kappa shape index (κ3) is 4.80. The molecule has 0 aliphatic carbocycles. The lowest BCUT2D eigenvalue weighted by Crippen LogP contribution is -2.26. The van der Waals surface area contributed by atoms with Crippen molar-refractivity contribution in [3.63, 3.8) is 0 Å². The second kappa shape index (κ2) is 8.83. The number of hydrogen-bond donors (Lipinski definition) is 0. The summed E-state index contributed by atoms with van der Waals surface area (Å²) in [7, 11) is 1.78. The van der Waals surface area contributed by atoms with E-state index in [0.717, 1.165) is 16.7 Å². The zero-order valence-corrected chi connectivity index (χ0v) is 17.0. The van der Waals surface area contributed by atoms with Crippen molar-refractivity contribution in [3.8, 4) is 11.1 Å². The average Bonchev–Trinajstić information content (AvgIpc) is 2.79. The van der Waals surface area contributed by atoms with E-state index in [2.05, 4.69) is 0 Å². The Balaban J connectivity index is 1.47. The zero-order chi connectivity index (χ0) is 21.8. The summed E-state index contributed by atoms with van der Waals surface area (Å²) in [5.41, 5.74) is 4.19. The minimum atomic E-state index is -1.01. The van der Waals surface area contributed by atoms with E-state index in [4.69, 9.17) is 9.47 Å². The number of benzene rings is 3. The molecule has 1 aliphatic rings. The highest BCUT2D eigenvalue weighted by Gasteiger charge is 2.29. The topological polar surface area (TPSA) is 72.9 Å². The molecule has 1 heterocycles. The lowest BCUT2D eigenvalue weighted by molar-refractivity contribution is -0.204. The molecule has 31 heavy (non-hydrogen) atoms. The van der Waals surface area contributed by atoms with Crippen LogP contribution in [0.25, 0.3) is 11.1 Å². The van der Waals surface area contributed by atoms with Crippen LogP contribution >= 0.6 is 0 Å². The fraction of sp³-hybridized carbons (Fsp3) is 0.160. The number of rotatable bonds is 5. The first-order chi connectivity index (χ1) is 15.0. The number of amides is 1. The van der Waals surface area contributed by atoms with E-state index in [1.807, 2.05) is 54.6 Å². The largest absolute Gasteiger partial charge is 0.420 e. The normalized spacial score (nSPS) is 14.0. The smallest absolute Gasteiger partial charge is 0.320 e. The molecule has 1 aliphatic heterocycles. The Hall–Kier alpha value is -3.93. The highest BCUT2D eigenvalue weighted by Crippen LogP contribution is 2.27. The summed E-state index contributed by atoms with van der Waals surface area (Å²) in [6, 6.07) is 24.4. The van der Waals surface area contributed by atoms with E-state index in [-0.39, 0.29) is 12.3 Å². The molecular weight excluding hydrogens is 394 g/mol. The first-order valence-electron chi connectivity index (χ1n) is 9.88. The Kier molecular flexibility index (Phi) is 5.80. The lowest BCUT2D eigenvalue weighted by Gasteiger charge is -2.22. The number of esters is 2. The van der Waals surface area contributed by atoms with Crippen molar-refractivity contribution in [3.05, 3.63) is 95.6 Å². The van der Waals surface area contributed by atoms with Crippen molar-refractivity contribution >= 4 is 17.8 Å². The molecule has 0 atom stereocenters. The Bertz CT molecular complexity index is 1090. The molecule has 6 nitrogen and oxygen atoms in total. The molecule has 3 aromatic rings. The average molecular weight is 415 g/mol. The molecule has 6 heteroatoms. The van der Waals surface area contributed by atoms with Crippen LogP contribution in [-0.2, 0) is 25.6 Å². The van der Waals surface area contributed by atoms with Crippen LogP contribution in [0.5, 0.6) is 0 Å². The maximum atomic E-state index is 12.6. The Morgan fingerprint density at radius 3 is 2.23 bits per heavy atom. The summed E-state index contributed by atoms with van der Waals surface area (Å²) in [5, 5.41) is 0. The number of cyclic esters (lactones) is 2. The van der Waals surface area contributed by atoms with Gasteiger partial charge in [0.15, 0.2) is 0 Å². The monoisotopic (exact) mass is 415 g/mol. The standard InChI is InChI=1S/C25H21NO5/c1-26(24(29)19-7-3-2-4-8-19)16-17-6-5-9-21(14-17)18-10-12-20(13-11-18)25-30-22(27)15-23(28)31-25/h2-14,25H,15-16H2,1H3. The van der Waals surface area contributed by atoms with Crippen LogP contribution in [-0.4, -0.2) is 29.8 Å². The van der Waals surface area contributed by atoms with Gasteiger partial charge in [0.05, 0.1) is 0 Å². The second-order valence-corrected chi connectivity index (χ2v) is 7.34. The van der Waals surface area contributed by atoms with Crippen molar-refractivity contribution in [2.24, 2.45) is 0 Å². The van der Waals surface area contributed by atoms with E-state index >= 15 is 0 Å². The number of nitrogens with zero attached hydrogens (tertiary/aromatic N) is 1. The van der Waals surface area contributed by atoms with Crippen LogP contribution in [0.3, 0.4) is 0 Å². The third-order valence-electron chi connectivity index (χ3n) is 5.00. The fourth-order valence-corrected chi connectivity index (χ4v) is 3.43. The van der Waals surface area contributed by atoms with Crippen molar-refractivity contribution in [2.75, 3.05) is 7.05 Å². The van der Waals surface area contributed by atoms with Gasteiger partial charge in [-0.2, -0.15) is 0 Å². The van der Waals surface area contributed by atoms with Gasteiger partial charge in [0, 0.05) is 24.7 Å². The zero-order valence-electron chi connectivity index (χ0n) is 17.0. The summed E-state index contributed by atoms with van der Waals surface area (Å²) < 4.78 is 10.2. The fourth-order valence-electron chi connectivity index (χ4n) is 3.43. The van der Waals surface area contributed by atoms with Crippen LogP contribution in [0.4, 0.5) is 0 Å². The number of carbonyl (C=O) groups excluding carboxylic acids is 3. The lowest BCUT2D eigenvalue weighted by atomic mass is 10.0. The summed E-state index contributed by atoms with van der Waals surface area (Å²) in [5.74, 6) is -1.22. The summed E-state index contributed by atoms with van der Waals surface area (Å²) >= 11 is 0. The SMILES string of the molecule is CN(Cc1cccc(-c2ccc(C3OC(=O)CC(=O)O3)cc2)c1)C(=O)c1ccccc1. The van der Waals surface area contributed by atoms with Crippen LogP contribution in [0.15, 0.2) is 78.9 Å². The first-order valence-corrected chi connectivity index (χ1v) is 9.88.